The van der Waals surface area contributed by atoms with Gasteiger partial charge in [-0.2, -0.15) is 0 Å². The minimum atomic E-state index is -0.251. The third kappa shape index (κ3) is 3.27. The summed E-state index contributed by atoms with van der Waals surface area (Å²) in [6.07, 6.45) is 4.90. The van der Waals surface area contributed by atoms with Gasteiger partial charge in [-0.3, -0.25) is 9.78 Å². The molecule has 1 aromatic rings. The normalized spacial score (nSPS) is 20.8. The lowest BCUT2D eigenvalue weighted by Crippen LogP contribution is -2.43. The Bertz CT molecular complexity index is 383. The molecule has 2 rings (SSSR count). The van der Waals surface area contributed by atoms with Gasteiger partial charge in [-0.05, 0) is 37.1 Å². The van der Waals surface area contributed by atoms with Crippen LogP contribution in [0.15, 0.2) is 24.5 Å². The van der Waals surface area contributed by atoms with E-state index in [9.17, 15) is 4.79 Å². The number of carbonyl (C=O) groups is 1. The summed E-state index contributed by atoms with van der Waals surface area (Å²) in [6, 6.07) is 3.60. The number of nitrogens with zero attached hydrogens (tertiary/aromatic N) is 2. The summed E-state index contributed by atoms with van der Waals surface area (Å²) in [5, 5.41) is 12.2. The molecule has 1 fully saturated rings. The van der Waals surface area contributed by atoms with Gasteiger partial charge in [0.1, 0.15) is 0 Å². The average molecular weight is 249 g/mol. The van der Waals surface area contributed by atoms with Gasteiger partial charge in [0.25, 0.3) is 0 Å². The number of carbonyl (C=O) groups excluding carboxylic acids is 1. The Kier molecular flexibility index (Phi) is 4.66. The van der Waals surface area contributed by atoms with Crippen molar-refractivity contribution in [3.8, 4) is 0 Å². The van der Waals surface area contributed by atoms with Gasteiger partial charge in [0, 0.05) is 32.1 Å². The van der Waals surface area contributed by atoms with Crippen LogP contribution in [0.4, 0.5) is 0 Å². The smallest absolute Gasteiger partial charge is 0.240 e. The van der Waals surface area contributed by atoms with Crippen molar-refractivity contribution in [1.82, 2.24) is 15.2 Å². The number of aromatic nitrogens is 1. The molecule has 1 atom stereocenters. The van der Waals surface area contributed by atoms with Crippen molar-refractivity contribution in [2.75, 3.05) is 19.7 Å². The number of aliphatic hydroxyl groups excluding tert-OH is 1. The zero-order chi connectivity index (χ0) is 12.8. The number of amides is 1. The zero-order valence-electron chi connectivity index (χ0n) is 10.4. The molecule has 2 heterocycles. The maximum Gasteiger partial charge on any atom is 0.240 e. The lowest BCUT2D eigenvalue weighted by atomic mass is 10.1. The van der Waals surface area contributed by atoms with Crippen molar-refractivity contribution in [3.05, 3.63) is 30.1 Å². The van der Waals surface area contributed by atoms with Crippen LogP contribution in [0.3, 0.4) is 0 Å². The number of rotatable bonds is 4. The first-order valence-electron chi connectivity index (χ1n) is 6.33. The van der Waals surface area contributed by atoms with Crippen molar-refractivity contribution in [2.45, 2.75) is 25.4 Å². The molecular formula is C13H19N3O2. The second-order valence-corrected chi connectivity index (χ2v) is 4.49. The van der Waals surface area contributed by atoms with Crippen LogP contribution in [0.25, 0.3) is 0 Å². The fourth-order valence-corrected chi connectivity index (χ4v) is 2.18. The van der Waals surface area contributed by atoms with Crippen molar-refractivity contribution < 1.29 is 9.90 Å². The van der Waals surface area contributed by atoms with E-state index in [1.165, 1.54) is 0 Å². The second kappa shape index (κ2) is 6.47. The topological polar surface area (TPSA) is 65.5 Å². The number of hydrogen-bond acceptors (Lipinski definition) is 4. The summed E-state index contributed by atoms with van der Waals surface area (Å²) in [7, 11) is 0. The summed E-state index contributed by atoms with van der Waals surface area (Å²) in [5.74, 6) is 0.0818. The van der Waals surface area contributed by atoms with Gasteiger partial charge in [0.2, 0.25) is 5.91 Å². The van der Waals surface area contributed by atoms with Crippen LogP contribution in [0, 0.1) is 0 Å². The molecule has 0 radical (unpaired) electrons. The van der Waals surface area contributed by atoms with Crippen LogP contribution in [0.2, 0.25) is 0 Å². The highest BCUT2D eigenvalue weighted by Gasteiger charge is 2.25. The van der Waals surface area contributed by atoms with E-state index in [0.717, 1.165) is 25.1 Å². The molecule has 1 saturated heterocycles. The predicted molar refractivity (Wildman–Crippen MR) is 67.8 cm³/mol. The van der Waals surface area contributed by atoms with Crippen molar-refractivity contribution in [3.63, 3.8) is 0 Å². The molecule has 0 aromatic carbocycles. The first-order chi connectivity index (χ1) is 8.81. The maximum atomic E-state index is 12.3. The van der Waals surface area contributed by atoms with Crippen molar-refractivity contribution in [1.29, 1.82) is 0 Å². The third-order valence-corrected chi connectivity index (χ3v) is 3.15. The van der Waals surface area contributed by atoms with E-state index in [2.05, 4.69) is 10.3 Å². The van der Waals surface area contributed by atoms with Gasteiger partial charge in [-0.15, -0.1) is 0 Å². The number of pyridine rings is 1. The Morgan fingerprint density at radius 2 is 2.22 bits per heavy atom. The fraction of sp³-hybridized carbons (Fsp3) is 0.538. The molecule has 1 aromatic heterocycles. The molecule has 1 aliphatic rings. The van der Waals surface area contributed by atoms with Gasteiger partial charge in [0.05, 0.1) is 6.04 Å². The number of aliphatic hydroxyl groups is 1. The summed E-state index contributed by atoms with van der Waals surface area (Å²) in [4.78, 5) is 18.1. The molecule has 5 nitrogen and oxygen atoms in total. The van der Waals surface area contributed by atoms with Crippen LogP contribution in [-0.4, -0.2) is 46.6 Å². The molecule has 98 valence electrons. The van der Waals surface area contributed by atoms with Crippen LogP contribution < -0.4 is 5.32 Å². The van der Waals surface area contributed by atoms with E-state index in [-0.39, 0.29) is 18.6 Å². The zero-order valence-corrected chi connectivity index (χ0v) is 10.4. The molecular weight excluding hydrogens is 230 g/mol. The van der Waals surface area contributed by atoms with Crippen molar-refractivity contribution >= 4 is 5.91 Å². The predicted octanol–water partition coefficient (Wildman–Crippen LogP) is 0.155. The highest BCUT2D eigenvalue weighted by molar-refractivity contribution is 5.82. The van der Waals surface area contributed by atoms with E-state index in [1.807, 2.05) is 17.0 Å². The highest BCUT2D eigenvalue weighted by Crippen LogP contribution is 2.10. The molecule has 0 aliphatic carbocycles. The maximum absolute atomic E-state index is 12.3. The molecule has 1 amide bonds. The largest absolute Gasteiger partial charge is 0.396 e. The van der Waals surface area contributed by atoms with Gasteiger partial charge < -0.3 is 15.3 Å². The Hall–Kier alpha value is -1.46. The van der Waals surface area contributed by atoms with Crippen LogP contribution >= 0.6 is 0 Å². The Labute approximate surface area is 107 Å². The highest BCUT2D eigenvalue weighted by atomic mass is 16.3. The van der Waals surface area contributed by atoms with E-state index in [1.54, 1.807) is 12.4 Å². The summed E-state index contributed by atoms with van der Waals surface area (Å²) in [5.41, 5.74) is 1.09. The molecule has 1 aliphatic heterocycles. The minimum absolute atomic E-state index is 0.0342. The third-order valence-electron chi connectivity index (χ3n) is 3.15. The number of hydrogen-bond donors (Lipinski definition) is 2. The van der Waals surface area contributed by atoms with E-state index >= 15 is 0 Å². The molecule has 18 heavy (non-hydrogen) atoms. The summed E-state index contributed by atoms with van der Waals surface area (Å²) in [6.45, 7) is 2.23. The molecule has 0 saturated carbocycles. The first kappa shape index (κ1) is 13.0. The Balaban J connectivity index is 2.03. The SMILES string of the molecule is O=C1C(CCO)NCCCN1Cc1ccncc1. The second-order valence-electron chi connectivity index (χ2n) is 4.49. The van der Waals surface area contributed by atoms with Gasteiger partial charge in [-0.1, -0.05) is 0 Å². The fourth-order valence-electron chi connectivity index (χ4n) is 2.18. The van der Waals surface area contributed by atoms with Crippen molar-refractivity contribution in [2.24, 2.45) is 0 Å². The van der Waals surface area contributed by atoms with E-state index in [0.29, 0.717) is 13.0 Å². The molecule has 1 unspecified atom stereocenters. The first-order valence-corrected chi connectivity index (χ1v) is 6.33. The van der Waals surface area contributed by atoms with Crippen LogP contribution in [0.1, 0.15) is 18.4 Å². The monoisotopic (exact) mass is 249 g/mol. The number of nitrogens with one attached hydrogen (secondary N) is 1. The van der Waals surface area contributed by atoms with Crippen LogP contribution in [0.5, 0.6) is 0 Å². The van der Waals surface area contributed by atoms with Gasteiger partial charge >= 0.3 is 0 Å². The van der Waals surface area contributed by atoms with Gasteiger partial charge in [0.15, 0.2) is 0 Å². The minimum Gasteiger partial charge on any atom is -0.396 e. The molecule has 0 bridgehead atoms. The van der Waals surface area contributed by atoms with E-state index in [4.69, 9.17) is 5.11 Å². The standard InChI is InChI=1S/C13H19N3O2/c17-9-4-12-13(18)16(8-1-5-15-12)10-11-2-6-14-7-3-11/h2-3,6-7,12,15,17H,1,4-5,8-10H2. The molecule has 2 N–H and O–H groups in total. The Morgan fingerprint density at radius 1 is 1.44 bits per heavy atom. The van der Waals surface area contributed by atoms with E-state index < -0.39 is 0 Å². The summed E-state index contributed by atoms with van der Waals surface area (Å²) < 4.78 is 0. The van der Waals surface area contributed by atoms with Crippen LogP contribution in [-0.2, 0) is 11.3 Å². The lowest BCUT2D eigenvalue weighted by molar-refractivity contribution is -0.133. The lowest BCUT2D eigenvalue weighted by Gasteiger charge is -2.24. The molecule has 5 heteroatoms. The average Bonchev–Trinajstić information content (AvgIpc) is 2.56. The Morgan fingerprint density at radius 3 is 2.94 bits per heavy atom. The summed E-state index contributed by atoms with van der Waals surface area (Å²) >= 11 is 0. The quantitative estimate of drug-likeness (QED) is 0.797. The van der Waals surface area contributed by atoms with Gasteiger partial charge in [-0.25, -0.2) is 0 Å². The molecule has 0 spiro atoms.